The Hall–Kier alpha value is -1.96. The third-order valence-electron chi connectivity index (χ3n) is 5.83. The highest BCUT2D eigenvalue weighted by atomic mass is 16.5. The first kappa shape index (κ1) is 16.5. The molecule has 0 saturated carbocycles. The van der Waals surface area contributed by atoms with Crippen molar-refractivity contribution in [2.24, 2.45) is 11.3 Å². The lowest BCUT2D eigenvalue weighted by atomic mass is 9.74. The molecular weight excluding hydrogens is 322 g/mol. The van der Waals surface area contributed by atoms with Crippen molar-refractivity contribution >= 4 is 11.9 Å². The first-order chi connectivity index (χ1) is 12.2. The average molecular weight is 347 g/mol. The van der Waals surface area contributed by atoms with Crippen LogP contribution in [0.3, 0.4) is 0 Å². The van der Waals surface area contributed by atoms with Crippen LogP contribution in [0.2, 0.25) is 0 Å². The summed E-state index contributed by atoms with van der Waals surface area (Å²) in [4.78, 5) is 14.6. The van der Waals surface area contributed by atoms with Crippen molar-refractivity contribution in [2.45, 2.75) is 38.6 Å². The molecule has 25 heavy (non-hydrogen) atoms. The summed E-state index contributed by atoms with van der Waals surface area (Å²) in [5.41, 5.74) is 0.885. The lowest BCUT2D eigenvalue weighted by Crippen LogP contribution is -2.45. The Kier molecular flexibility index (Phi) is 4.45. The molecule has 4 rings (SSSR count). The van der Waals surface area contributed by atoms with Gasteiger partial charge in [-0.1, -0.05) is 16.7 Å². The Labute approximate surface area is 147 Å². The molecule has 1 aromatic rings. The molecule has 2 atom stereocenters. The van der Waals surface area contributed by atoms with Crippen LogP contribution < -0.4 is 4.90 Å². The lowest BCUT2D eigenvalue weighted by molar-refractivity contribution is -0.161. The molecule has 3 heterocycles. The fraction of sp³-hybridized carbons (Fsp3) is 0.765. The van der Waals surface area contributed by atoms with Crippen molar-refractivity contribution in [1.29, 1.82) is 0 Å². The summed E-state index contributed by atoms with van der Waals surface area (Å²) in [5, 5.41) is 12.3. The molecule has 8 heteroatoms. The number of carbonyl (C=O) groups excluding carboxylic acids is 1. The maximum Gasteiger partial charge on any atom is 0.314 e. The van der Waals surface area contributed by atoms with Crippen molar-refractivity contribution in [3.63, 3.8) is 0 Å². The van der Waals surface area contributed by atoms with E-state index >= 15 is 0 Å². The SMILES string of the molecule is COC(=O)[C@@]12CCOC[C@@H]1CN(c1nnnn1CC1=CCCCC1)C2. The highest BCUT2D eigenvalue weighted by molar-refractivity contribution is 5.79. The third kappa shape index (κ3) is 2.92. The van der Waals surface area contributed by atoms with Crippen LogP contribution in [0.25, 0.3) is 0 Å². The number of carbonyl (C=O) groups is 1. The molecule has 0 amide bonds. The Morgan fingerprint density at radius 2 is 2.40 bits per heavy atom. The van der Waals surface area contributed by atoms with Gasteiger partial charge in [0.2, 0.25) is 5.95 Å². The summed E-state index contributed by atoms with van der Waals surface area (Å²) in [5.74, 6) is 0.717. The fourth-order valence-corrected chi connectivity index (χ4v) is 4.41. The number of esters is 1. The average Bonchev–Trinajstić information content (AvgIpc) is 3.26. The van der Waals surface area contributed by atoms with Gasteiger partial charge < -0.3 is 14.4 Å². The van der Waals surface area contributed by atoms with Crippen LogP contribution in [0.1, 0.15) is 32.1 Å². The third-order valence-corrected chi connectivity index (χ3v) is 5.83. The quantitative estimate of drug-likeness (QED) is 0.597. The van der Waals surface area contributed by atoms with E-state index < -0.39 is 5.41 Å². The molecule has 0 bridgehead atoms. The fourth-order valence-electron chi connectivity index (χ4n) is 4.41. The number of hydrogen-bond donors (Lipinski definition) is 0. The molecule has 136 valence electrons. The number of fused-ring (bicyclic) bond motifs is 1. The number of ether oxygens (including phenoxy) is 2. The predicted molar refractivity (Wildman–Crippen MR) is 90.0 cm³/mol. The van der Waals surface area contributed by atoms with Gasteiger partial charge in [0, 0.05) is 25.6 Å². The van der Waals surface area contributed by atoms with E-state index in [-0.39, 0.29) is 11.9 Å². The van der Waals surface area contributed by atoms with E-state index in [1.165, 1.54) is 25.5 Å². The van der Waals surface area contributed by atoms with Gasteiger partial charge in [0.1, 0.15) is 0 Å². The molecule has 0 N–H and O–H groups in total. The van der Waals surface area contributed by atoms with Crippen LogP contribution in [-0.4, -0.2) is 59.6 Å². The molecule has 3 aliphatic rings. The van der Waals surface area contributed by atoms with E-state index in [0.29, 0.717) is 32.7 Å². The number of tetrazole rings is 1. The maximum atomic E-state index is 12.5. The molecule has 0 unspecified atom stereocenters. The second-order valence-electron chi connectivity index (χ2n) is 7.29. The zero-order chi connectivity index (χ0) is 17.3. The van der Waals surface area contributed by atoms with Crippen LogP contribution in [0.4, 0.5) is 5.95 Å². The van der Waals surface area contributed by atoms with Gasteiger partial charge in [0.15, 0.2) is 0 Å². The van der Waals surface area contributed by atoms with Crippen molar-refractivity contribution in [1.82, 2.24) is 20.2 Å². The van der Waals surface area contributed by atoms with E-state index in [1.54, 1.807) is 0 Å². The molecule has 1 aliphatic carbocycles. The van der Waals surface area contributed by atoms with Crippen molar-refractivity contribution < 1.29 is 14.3 Å². The zero-order valence-corrected chi connectivity index (χ0v) is 14.7. The Balaban J connectivity index is 1.56. The monoisotopic (exact) mass is 347 g/mol. The molecule has 2 fully saturated rings. The molecule has 0 spiro atoms. The Morgan fingerprint density at radius 3 is 3.20 bits per heavy atom. The van der Waals surface area contributed by atoms with Gasteiger partial charge in [-0.3, -0.25) is 4.79 Å². The van der Waals surface area contributed by atoms with Gasteiger partial charge in [-0.05, 0) is 42.5 Å². The van der Waals surface area contributed by atoms with E-state index in [2.05, 4.69) is 26.5 Å². The highest BCUT2D eigenvalue weighted by Gasteiger charge is 2.55. The van der Waals surface area contributed by atoms with Gasteiger partial charge in [-0.15, -0.1) is 0 Å². The lowest BCUT2D eigenvalue weighted by Gasteiger charge is -2.35. The minimum atomic E-state index is -0.506. The predicted octanol–water partition coefficient (Wildman–Crippen LogP) is 1.19. The zero-order valence-electron chi connectivity index (χ0n) is 14.7. The second kappa shape index (κ2) is 6.74. The normalized spacial score (nSPS) is 29.2. The van der Waals surface area contributed by atoms with Crippen LogP contribution in [-0.2, 0) is 20.8 Å². The molecule has 2 aliphatic heterocycles. The van der Waals surface area contributed by atoms with E-state index in [0.717, 1.165) is 25.3 Å². The minimum absolute atomic E-state index is 0.118. The molecule has 1 aromatic heterocycles. The smallest absolute Gasteiger partial charge is 0.314 e. The molecule has 0 radical (unpaired) electrons. The minimum Gasteiger partial charge on any atom is -0.469 e. The topological polar surface area (TPSA) is 82.4 Å². The molecular formula is C17H25N5O3. The van der Waals surface area contributed by atoms with E-state index in [1.807, 2.05) is 4.68 Å². The van der Waals surface area contributed by atoms with Gasteiger partial charge in [0.05, 0.1) is 25.7 Å². The summed E-state index contributed by atoms with van der Waals surface area (Å²) < 4.78 is 12.6. The number of nitrogens with zero attached hydrogens (tertiary/aromatic N) is 5. The number of methoxy groups -OCH3 is 1. The Bertz CT molecular complexity index is 673. The van der Waals surface area contributed by atoms with E-state index in [9.17, 15) is 4.79 Å². The summed E-state index contributed by atoms with van der Waals surface area (Å²) in [6.07, 6.45) is 7.75. The summed E-state index contributed by atoms with van der Waals surface area (Å²) >= 11 is 0. The van der Waals surface area contributed by atoms with Crippen molar-refractivity contribution in [3.05, 3.63) is 11.6 Å². The highest BCUT2D eigenvalue weighted by Crippen LogP contribution is 2.44. The number of hydrogen-bond acceptors (Lipinski definition) is 7. The van der Waals surface area contributed by atoms with E-state index in [4.69, 9.17) is 9.47 Å². The van der Waals surface area contributed by atoms with Crippen LogP contribution in [0.5, 0.6) is 0 Å². The van der Waals surface area contributed by atoms with Crippen LogP contribution >= 0.6 is 0 Å². The number of rotatable bonds is 4. The van der Waals surface area contributed by atoms with Gasteiger partial charge in [-0.2, -0.15) is 0 Å². The van der Waals surface area contributed by atoms with Crippen molar-refractivity contribution in [3.8, 4) is 0 Å². The molecule has 8 nitrogen and oxygen atoms in total. The summed E-state index contributed by atoms with van der Waals surface area (Å²) in [7, 11) is 1.46. The standard InChI is InChI=1S/C17H25N5O3/c1-24-15(23)17-7-8-25-11-14(17)10-21(12-17)16-18-19-20-22(16)9-13-5-3-2-4-6-13/h5,14H,2-4,6-12H2,1H3/t14-,17+/m0/s1. The number of anilines is 1. The molecule has 0 aromatic carbocycles. The van der Waals surface area contributed by atoms with Gasteiger partial charge >= 0.3 is 5.97 Å². The number of aromatic nitrogens is 4. The molecule has 2 saturated heterocycles. The van der Waals surface area contributed by atoms with Gasteiger partial charge in [0.25, 0.3) is 0 Å². The summed E-state index contributed by atoms with van der Waals surface area (Å²) in [6.45, 7) is 3.21. The number of allylic oxidation sites excluding steroid dienone is 2. The first-order valence-corrected chi connectivity index (χ1v) is 9.08. The maximum absolute atomic E-state index is 12.5. The van der Waals surface area contributed by atoms with Crippen molar-refractivity contribution in [2.75, 3.05) is 38.3 Å². The van der Waals surface area contributed by atoms with Crippen LogP contribution in [0, 0.1) is 11.3 Å². The summed E-state index contributed by atoms with van der Waals surface area (Å²) in [6, 6.07) is 0. The largest absolute Gasteiger partial charge is 0.469 e. The first-order valence-electron chi connectivity index (χ1n) is 9.08. The Morgan fingerprint density at radius 1 is 1.48 bits per heavy atom. The van der Waals surface area contributed by atoms with Gasteiger partial charge in [-0.25, -0.2) is 4.68 Å². The second-order valence-corrected chi connectivity index (χ2v) is 7.29. The van der Waals surface area contributed by atoms with Crippen LogP contribution in [0.15, 0.2) is 11.6 Å².